The predicted molar refractivity (Wildman–Crippen MR) is 102 cm³/mol. The van der Waals surface area contributed by atoms with Crippen molar-refractivity contribution in [1.29, 1.82) is 0 Å². The van der Waals surface area contributed by atoms with E-state index in [4.69, 9.17) is 11.6 Å². The van der Waals surface area contributed by atoms with Gasteiger partial charge in [0.05, 0.1) is 11.6 Å². The van der Waals surface area contributed by atoms with Gasteiger partial charge in [-0.05, 0) is 33.0 Å². The topological polar surface area (TPSA) is 52.7 Å². The Balaban J connectivity index is 2.70. The Morgan fingerprint density at radius 1 is 1.35 bits per heavy atom. The molecule has 1 rings (SSSR count). The molecule has 0 unspecified atom stereocenters. The fourth-order valence-corrected chi connectivity index (χ4v) is 2.43. The van der Waals surface area contributed by atoms with Gasteiger partial charge in [0, 0.05) is 23.8 Å². The number of nitrogens with one attached hydrogen (secondary N) is 1. The van der Waals surface area contributed by atoms with Crippen LogP contribution in [0.1, 0.15) is 26.3 Å². The van der Waals surface area contributed by atoms with Crippen LogP contribution in [-0.2, 0) is 16.1 Å². The summed E-state index contributed by atoms with van der Waals surface area (Å²) in [6.45, 7) is 12.8. The molecule has 0 saturated carbocycles. The lowest BCUT2D eigenvalue weighted by molar-refractivity contribution is -0.138. The largest absolute Gasteiger partial charge is 0.350 e. The molecule has 0 aliphatic heterocycles. The number of hydrogen-bond donors (Lipinski definition) is 1. The van der Waals surface area contributed by atoms with Gasteiger partial charge in [-0.1, -0.05) is 36.9 Å². The summed E-state index contributed by atoms with van der Waals surface area (Å²) in [7, 11) is 0. The summed E-state index contributed by atoms with van der Waals surface area (Å²) in [5.41, 5.74) is 0.964. The summed E-state index contributed by atoms with van der Waals surface area (Å²) in [5, 5.41) is 2.61. The van der Waals surface area contributed by atoms with Gasteiger partial charge < -0.3 is 15.1 Å². The number of halogens is 2. The molecule has 0 aliphatic rings. The van der Waals surface area contributed by atoms with Gasteiger partial charge in [-0.25, -0.2) is 4.39 Å². The summed E-state index contributed by atoms with van der Waals surface area (Å²) in [6, 6.07) is 4.42. The van der Waals surface area contributed by atoms with Crippen molar-refractivity contribution in [3.63, 3.8) is 0 Å². The minimum atomic E-state index is -0.561. The molecular formula is C19H25ClFN3O2. The second kappa shape index (κ2) is 9.97. The molecule has 0 atom stereocenters. The van der Waals surface area contributed by atoms with E-state index < -0.39 is 5.82 Å². The van der Waals surface area contributed by atoms with Crippen LogP contribution < -0.4 is 5.32 Å². The summed E-state index contributed by atoms with van der Waals surface area (Å²) in [5.74, 6) is -1.17. The second-order valence-corrected chi connectivity index (χ2v) is 6.56. The Labute approximate surface area is 159 Å². The van der Waals surface area contributed by atoms with Gasteiger partial charge in [-0.15, -0.1) is 0 Å². The van der Waals surface area contributed by atoms with Gasteiger partial charge in [0.1, 0.15) is 12.4 Å². The number of benzene rings is 1. The van der Waals surface area contributed by atoms with Gasteiger partial charge in [0.15, 0.2) is 0 Å². The van der Waals surface area contributed by atoms with Crippen LogP contribution in [0.15, 0.2) is 43.3 Å². The highest BCUT2D eigenvalue weighted by molar-refractivity contribution is 6.30. The highest BCUT2D eigenvalue weighted by Crippen LogP contribution is 2.17. The van der Waals surface area contributed by atoms with Crippen LogP contribution in [0.2, 0.25) is 5.02 Å². The molecule has 7 heteroatoms. The molecule has 0 heterocycles. The van der Waals surface area contributed by atoms with Crippen LogP contribution in [0.3, 0.4) is 0 Å². The van der Waals surface area contributed by atoms with Crippen molar-refractivity contribution in [3.8, 4) is 0 Å². The lowest BCUT2D eigenvalue weighted by Gasteiger charge is -2.29. The standard InChI is InChI=1S/C19H25ClFN3O2/c1-6-23(13(2)3)12-18(26)24(14(4)5)11-17(25)22-10-15-8-7-9-16(20)19(15)21/h6-9,14H,1-2,10-12H2,3-5H3,(H,22,25). The third-order valence-electron chi connectivity index (χ3n) is 3.78. The van der Waals surface area contributed by atoms with E-state index in [1.165, 1.54) is 17.2 Å². The molecular weight excluding hydrogens is 357 g/mol. The van der Waals surface area contributed by atoms with Gasteiger partial charge in [-0.3, -0.25) is 9.59 Å². The van der Waals surface area contributed by atoms with Gasteiger partial charge in [-0.2, -0.15) is 0 Å². The maximum absolute atomic E-state index is 13.9. The Bertz CT molecular complexity index is 691. The van der Waals surface area contributed by atoms with Crippen molar-refractivity contribution in [2.24, 2.45) is 0 Å². The number of amides is 2. The number of carbonyl (C=O) groups excluding carboxylic acids is 2. The summed E-state index contributed by atoms with van der Waals surface area (Å²) in [4.78, 5) is 27.8. The smallest absolute Gasteiger partial charge is 0.243 e. The molecule has 0 aromatic heterocycles. The van der Waals surface area contributed by atoms with E-state index in [9.17, 15) is 14.0 Å². The predicted octanol–water partition coefficient (Wildman–Crippen LogP) is 3.31. The maximum atomic E-state index is 13.9. The third-order valence-corrected chi connectivity index (χ3v) is 4.07. The first-order chi connectivity index (χ1) is 12.2. The van der Waals surface area contributed by atoms with E-state index in [1.807, 2.05) is 13.8 Å². The minimum Gasteiger partial charge on any atom is -0.350 e. The number of carbonyl (C=O) groups is 2. The van der Waals surface area contributed by atoms with E-state index in [0.717, 1.165) is 0 Å². The molecule has 0 bridgehead atoms. The molecule has 26 heavy (non-hydrogen) atoms. The molecule has 1 aromatic rings. The Morgan fingerprint density at radius 2 is 2.00 bits per heavy atom. The van der Waals surface area contributed by atoms with Crippen LogP contribution in [0.4, 0.5) is 4.39 Å². The number of nitrogens with zero attached hydrogens (tertiary/aromatic N) is 2. The Morgan fingerprint density at radius 3 is 2.54 bits per heavy atom. The first-order valence-corrected chi connectivity index (χ1v) is 8.58. The molecule has 5 nitrogen and oxygen atoms in total. The Hall–Kier alpha value is -2.34. The van der Waals surface area contributed by atoms with E-state index >= 15 is 0 Å². The third kappa shape index (κ3) is 6.19. The molecule has 0 spiro atoms. The van der Waals surface area contributed by atoms with Crippen LogP contribution in [0, 0.1) is 5.82 Å². The lowest BCUT2D eigenvalue weighted by atomic mass is 10.2. The van der Waals surface area contributed by atoms with Crippen molar-refractivity contribution in [3.05, 3.63) is 59.7 Å². The van der Waals surface area contributed by atoms with Crippen molar-refractivity contribution in [2.75, 3.05) is 13.1 Å². The van der Waals surface area contributed by atoms with Crippen LogP contribution in [0.25, 0.3) is 0 Å². The summed E-state index contributed by atoms with van der Waals surface area (Å²) < 4.78 is 13.9. The normalized spacial score (nSPS) is 10.4. The monoisotopic (exact) mass is 381 g/mol. The molecule has 2 amide bonds. The first kappa shape index (κ1) is 21.7. The van der Waals surface area contributed by atoms with Crippen LogP contribution in [-0.4, -0.2) is 40.7 Å². The zero-order valence-corrected chi connectivity index (χ0v) is 16.1. The minimum absolute atomic E-state index is 0.0000417. The first-order valence-electron chi connectivity index (χ1n) is 8.21. The highest BCUT2D eigenvalue weighted by atomic mass is 35.5. The average molecular weight is 382 g/mol. The quantitative estimate of drug-likeness (QED) is 0.714. The van der Waals surface area contributed by atoms with Crippen LogP contribution >= 0.6 is 11.6 Å². The zero-order chi connectivity index (χ0) is 19.9. The second-order valence-electron chi connectivity index (χ2n) is 6.15. The molecule has 1 N–H and O–H groups in total. The maximum Gasteiger partial charge on any atom is 0.243 e. The van der Waals surface area contributed by atoms with Gasteiger partial charge >= 0.3 is 0 Å². The summed E-state index contributed by atoms with van der Waals surface area (Å²) in [6.07, 6.45) is 1.51. The molecule has 0 fully saturated rings. The zero-order valence-electron chi connectivity index (χ0n) is 15.4. The van der Waals surface area contributed by atoms with Crippen molar-refractivity contribution < 1.29 is 14.0 Å². The molecule has 0 radical (unpaired) electrons. The number of hydrogen-bond acceptors (Lipinski definition) is 3. The molecule has 1 aromatic carbocycles. The van der Waals surface area contributed by atoms with E-state index in [2.05, 4.69) is 18.5 Å². The fourth-order valence-electron chi connectivity index (χ4n) is 2.24. The Kier molecular flexibility index (Phi) is 8.32. The lowest BCUT2D eigenvalue weighted by Crippen LogP contribution is -2.47. The summed E-state index contributed by atoms with van der Waals surface area (Å²) >= 11 is 5.72. The highest BCUT2D eigenvalue weighted by Gasteiger charge is 2.21. The SMILES string of the molecule is C=CN(CC(=O)N(CC(=O)NCc1cccc(Cl)c1F)C(C)C)C(=C)C. The van der Waals surface area contributed by atoms with Crippen molar-refractivity contribution in [2.45, 2.75) is 33.4 Å². The molecule has 0 saturated heterocycles. The number of allylic oxidation sites excluding steroid dienone is 1. The number of rotatable bonds is 9. The van der Waals surface area contributed by atoms with E-state index in [1.54, 1.807) is 24.0 Å². The van der Waals surface area contributed by atoms with Crippen molar-refractivity contribution >= 4 is 23.4 Å². The van der Waals surface area contributed by atoms with E-state index in [0.29, 0.717) is 5.70 Å². The van der Waals surface area contributed by atoms with E-state index in [-0.39, 0.29) is 48.1 Å². The molecule has 0 aliphatic carbocycles. The van der Waals surface area contributed by atoms with Crippen LogP contribution in [0.5, 0.6) is 0 Å². The average Bonchev–Trinajstić information content (AvgIpc) is 2.58. The fraction of sp³-hybridized carbons (Fsp3) is 0.368. The van der Waals surface area contributed by atoms with Gasteiger partial charge in [0.2, 0.25) is 11.8 Å². The van der Waals surface area contributed by atoms with Crippen molar-refractivity contribution in [1.82, 2.24) is 15.1 Å². The molecule has 142 valence electrons. The van der Waals surface area contributed by atoms with Gasteiger partial charge in [0.25, 0.3) is 0 Å².